The van der Waals surface area contributed by atoms with Gasteiger partial charge >= 0.3 is 0 Å². The second kappa shape index (κ2) is 7.50. The maximum absolute atomic E-state index is 14.3. The zero-order valence-corrected chi connectivity index (χ0v) is 15.9. The molecule has 1 atom stereocenters. The molecule has 1 aliphatic rings. The van der Waals surface area contributed by atoms with E-state index < -0.39 is 5.41 Å². The van der Waals surface area contributed by atoms with Crippen molar-refractivity contribution in [3.8, 4) is 0 Å². The first kappa shape index (κ1) is 19.1. The molecule has 0 aliphatic carbocycles. The summed E-state index contributed by atoms with van der Waals surface area (Å²) in [6, 6.07) is 6.42. The smallest absolute Gasteiger partial charge is 0.232 e. The molecule has 2 heterocycles. The van der Waals surface area contributed by atoms with Crippen molar-refractivity contribution in [2.45, 2.75) is 44.9 Å². The Morgan fingerprint density at radius 1 is 1.33 bits per heavy atom. The highest BCUT2D eigenvalue weighted by molar-refractivity contribution is 5.89. The number of carbonyl (C=O) groups excluding carboxylic acids is 2. The van der Waals surface area contributed by atoms with Gasteiger partial charge in [0.1, 0.15) is 5.82 Å². The summed E-state index contributed by atoms with van der Waals surface area (Å²) in [5.41, 5.74) is 0.918. The summed E-state index contributed by atoms with van der Waals surface area (Å²) in [5.74, 6) is -0.589. The minimum absolute atomic E-state index is 0.0449. The van der Waals surface area contributed by atoms with Gasteiger partial charge in [-0.3, -0.25) is 14.7 Å². The predicted molar refractivity (Wildman–Crippen MR) is 101 cm³/mol. The number of amides is 2. The van der Waals surface area contributed by atoms with E-state index in [2.05, 4.69) is 15.5 Å². The monoisotopic (exact) mass is 372 g/mol. The molecule has 6 nitrogen and oxygen atoms in total. The molecule has 0 bridgehead atoms. The van der Waals surface area contributed by atoms with E-state index in [0.29, 0.717) is 24.3 Å². The van der Waals surface area contributed by atoms with Crippen LogP contribution in [0.5, 0.6) is 0 Å². The third kappa shape index (κ3) is 3.86. The molecule has 2 aromatic rings. The SMILES string of the molecule is CC(=O)Nc1cn[nH]c1C1CCCN(C(=O)C(C)(C)c2ccccc2F)C1. The zero-order valence-electron chi connectivity index (χ0n) is 15.9. The molecule has 2 amide bonds. The maximum atomic E-state index is 14.3. The van der Waals surface area contributed by atoms with Gasteiger partial charge in [0, 0.05) is 31.5 Å². The van der Waals surface area contributed by atoms with Crippen molar-refractivity contribution in [3.05, 3.63) is 47.5 Å². The molecule has 27 heavy (non-hydrogen) atoms. The lowest BCUT2D eigenvalue weighted by Gasteiger charge is -2.38. The summed E-state index contributed by atoms with van der Waals surface area (Å²) in [7, 11) is 0. The van der Waals surface area contributed by atoms with Crippen LogP contribution in [0, 0.1) is 5.82 Å². The molecule has 1 aromatic carbocycles. The van der Waals surface area contributed by atoms with Gasteiger partial charge in [0.05, 0.1) is 23.0 Å². The summed E-state index contributed by atoms with van der Waals surface area (Å²) < 4.78 is 14.3. The molecule has 1 aliphatic heterocycles. The Kier molecular flexibility index (Phi) is 5.30. The number of nitrogens with zero attached hydrogens (tertiary/aromatic N) is 2. The van der Waals surface area contributed by atoms with Crippen LogP contribution in [0.4, 0.5) is 10.1 Å². The summed E-state index contributed by atoms with van der Waals surface area (Å²) in [4.78, 5) is 26.4. The van der Waals surface area contributed by atoms with Gasteiger partial charge in [-0.1, -0.05) is 18.2 Å². The van der Waals surface area contributed by atoms with Crippen LogP contribution >= 0.6 is 0 Å². The second-order valence-electron chi connectivity index (χ2n) is 7.57. The molecule has 144 valence electrons. The molecule has 1 aromatic heterocycles. The molecule has 1 saturated heterocycles. The number of hydrogen-bond acceptors (Lipinski definition) is 3. The average Bonchev–Trinajstić information content (AvgIpc) is 3.08. The number of halogens is 1. The lowest BCUT2D eigenvalue weighted by Crippen LogP contribution is -2.47. The fourth-order valence-corrected chi connectivity index (χ4v) is 3.77. The fraction of sp³-hybridized carbons (Fsp3) is 0.450. The van der Waals surface area contributed by atoms with Crippen LogP contribution in [-0.4, -0.2) is 40.0 Å². The number of piperidine rings is 1. The van der Waals surface area contributed by atoms with Crippen molar-refractivity contribution in [2.24, 2.45) is 0 Å². The average molecular weight is 372 g/mol. The second-order valence-corrected chi connectivity index (χ2v) is 7.57. The Morgan fingerprint density at radius 2 is 2.07 bits per heavy atom. The number of likely N-dealkylation sites (tertiary alicyclic amines) is 1. The van der Waals surface area contributed by atoms with Crippen LogP contribution in [0.1, 0.15) is 50.8 Å². The molecule has 3 rings (SSSR count). The zero-order chi connectivity index (χ0) is 19.6. The van der Waals surface area contributed by atoms with Crippen LogP contribution in [0.2, 0.25) is 0 Å². The predicted octanol–water partition coefficient (Wildman–Crippen LogP) is 3.19. The van der Waals surface area contributed by atoms with Crippen LogP contribution in [0.15, 0.2) is 30.5 Å². The highest BCUT2D eigenvalue weighted by Gasteiger charge is 2.38. The first-order chi connectivity index (χ1) is 12.8. The van der Waals surface area contributed by atoms with Gasteiger partial charge in [-0.15, -0.1) is 0 Å². The number of benzene rings is 1. The molecule has 0 radical (unpaired) electrons. The van der Waals surface area contributed by atoms with Crippen molar-refractivity contribution >= 4 is 17.5 Å². The van der Waals surface area contributed by atoms with Crippen molar-refractivity contribution in [1.82, 2.24) is 15.1 Å². The Labute approximate surface area is 158 Å². The summed E-state index contributed by atoms with van der Waals surface area (Å²) >= 11 is 0. The molecule has 1 fully saturated rings. The van der Waals surface area contributed by atoms with Crippen LogP contribution < -0.4 is 5.32 Å². The van der Waals surface area contributed by atoms with Crippen LogP contribution in [0.3, 0.4) is 0 Å². The van der Waals surface area contributed by atoms with Gasteiger partial charge in [-0.2, -0.15) is 5.10 Å². The Bertz CT molecular complexity index is 846. The molecule has 1 unspecified atom stereocenters. The highest BCUT2D eigenvalue weighted by atomic mass is 19.1. The Balaban J connectivity index is 1.80. The summed E-state index contributed by atoms with van der Waals surface area (Å²) in [6.07, 6.45) is 3.31. The number of aromatic nitrogens is 2. The highest BCUT2D eigenvalue weighted by Crippen LogP contribution is 2.34. The summed E-state index contributed by atoms with van der Waals surface area (Å²) in [5, 5.41) is 9.77. The van der Waals surface area contributed by atoms with E-state index in [-0.39, 0.29) is 23.5 Å². The number of H-pyrrole nitrogens is 1. The first-order valence-electron chi connectivity index (χ1n) is 9.16. The van der Waals surface area contributed by atoms with Gasteiger partial charge in [0.25, 0.3) is 0 Å². The quantitative estimate of drug-likeness (QED) is 0.865. The molecule has 0 spiro atoms. The van der Waals surface area contributed by atoms with Gasteiger partial charge < -0.3 is 10.2 Å². The number of hydrogen-bond donors (Lipinski definition) is 2. The van der Waals surface area contributed by atoms with E-state index in [9.17, 15) is 14.0 Å². The van der Waals surface area contributed by atoms with Crippen molar-refractivity contribution in [2.75, 3.05) is 18.4 Å². The fourth-order valence-electron chi connectivity index (χ4n) is 3.77. The molecule has 7 heteroatoms. The Morgan fingerprint density at radius 3 is 2.78 bits per heavy atom. The van der Waals surface area contributed by atoms with E-state index in [1.165, 1.54) is 13.0 Å². The maximum Gasteiger partial charge on any atom is 0.232 e. The van der Waals surface area contributed by atoms with Crippen molar-refractivity contribution in [1.29, 1.82) is 0 Å². The van der Waals surface area contributed by atoms with E-state index in [4.69, 9.17) is 0 Å². The number of aromatic amines is 1. The standard InChI is InChI=1S/C20H25FN4O2/c1-13(26)23-17-11-22-24-18(17)14-7-6-10-25(12-14)19(27)20(2,3)15-8-4-5-9-16(15)21/h4-5,8-9,11,14H,6-7,10,12H2,1-3H3,(H,22,24)(H,23,26). The minimum Gasteiger partial charge on any atom is -0.341 e. The first-order valence-corrected chi connectivity index (χ1v) is 9.16. The molecular weight excluding hydrogens is 347 g/mol. The largest absolute Gasteiger partial charge is 0.341 e. The third-order valence-corrected chi connectivity index (χ3v) is 5.18. The van der Waals surface area contributed by atoms with E-state index in [1.54, 1.807) is 43.1 Å². The molecular formula is C20H25FN4O2. The Hall–Kier alpha value is -2.70. The normalized spacial score (nSPS) is 17.6. The van der Waals surface area contributed by atoms with Crippen molar-refractivity contribution < 1.29 is 14.0 Å². The van der Waals surface area contributed by atoms with Gasteiger partial charge in [0.15, 0.2) is 0 Å². The van der Waals surface area contributed by atoms with E-state index >= 15 is 0 Å². The van der Waals surface area contributed by atoms with Crippen LogP contribution in [0.25, 0.3) is 0 Å². The third-order valence-electron chi connectivity index (χ3n) is 5.18. The van der Waals surface area contributed by atoms with Gasteiger partial charge in [-0.05, 0) is 32.8 Å². The molecule has 0 saturated carbocycles. The molecule has 2 N–H and O–H groups in total. The van der Waals surface area contributed by atoms with Gasteiger partial charge in [0.2, 0.25) is 11.8 Å². The minimum atomic E-state index is -0.957. The van der Waals surface area contributed by atoms with Gasteiger partial charge in [-0.25, -0.2) is 4.39 Å². The topological polar surface area (TPSA) is 78.1 Å². The number of rotatable bonds is 4. The van der Waals surface area contributed by atoms with E-state index in [1.807, 2.05) is 0 Å². The number of anilines is 1. The lowest BCUT2D eigenvalue weighted by atomic mass is 9.81. The lowest BCUT2D eigenvalue weighted by molar-refractivity contribution is -0.137. The van der Waals surface area contributed by atoms with Crippen molar-refractivity contribution in [3.63, 3.8) is 0 Å². The summed E-state index contributed by atoms with van der Waals surface area (Å²) in [6.45, 7) is 6.11. The van der Waals surface area contributed by atoms with Crippen LogP contribution in [-0.2, 0) is 15.0 Å². The number of nitrogens with one attached hydrogen (secondary N) is 2. The number of carbonyl (C=O) groups is 2. The van der Waals surface area contributed by atoms with E-state index in [0.717, 1.165) is 18.5 Å².